The molecule has 0 radical (unpaired) electrons. The Kier molecular flexibility index (Phi) is 11.0. The summed E-state index contributed by atoms with van der Waals surface area (Å²) in [5.41, 5.74) is 1.10. The molecule has 4 aromatic carbocycles. The Morgan fingerprint density at radius 1 is 0.708 bits per heavy atom. The maximum atomic E-state index is 13.2. The van der Waals surface area contributed by atoms with Crippen LogP contribution in [-0.4, -0.2) is 31.3 Å². The van der Waals surface area contributed by atoms with E-state index in [2.05, 4.69) is 13.2 Å². The number of anilines is 3. The molecule has 4 rings (SSSR count). The van der Waals surface area contributed by atoms with Gasteiger partial charge in [0.1, 0.15) is 19.0 Å². The van der Waals surface area contributed by atoms with E-state index in [4.69, 9.17) is 14.2 Å². The molecule has 48 heavy (non-hydrogen) atoms. The molecule has 0 aliphatic heterocycles. The smallest absolute Gasteiger partial charge is 0.416 e. The third-order valence-corrected chi connectivity index (χ3v) is 6.85. The summed E-state index contributed by atoms with van der Waals surface area (Å²) in [6.45, 7) is 7.94. The second-order valence-electron chi connectivity index (χ2n) is 10.4. The molecule has 0 saturated heterocycles. The minimum atomic E-state index is -4.56. The van der Waals surface area contributed by atoms with E-state index in [1.807, 2.05) is 0 Å². The van der Waals surface area contributed by atoms with Crippen molar-refractivity contribution in [2.45, 2.75) is 25.4 Å². The van der Waals surface area contributed by atoms with Crippen molar-refractivity contribution < 1.29 is 50.1 Å². The lowest BCUT2D eigenvalue weighted by Crippen LogP contribution is -2.30. The molecule has 12 heteroatoms. The second-order valence-corrected chi connectivity index (χ2v) is 10.4. The van der Waals surface area contributed by atoms with Gasteiger partial charge in [0.05, 0.1) is 11.1 Å². The molecule has 0 bridgehead atoms. The lowest BCUT2D eigenvalue weighted by atomic mass is 10.0. The first-order valence-corrected chi connectivity index (χ1v) is 14.3. The highest BCUT2D eigenvalue weighted by Crippen LogP contribution is 2.39. The highest BCUT2D eigenvalue weighted by Gasteiger charge is 2.31. The second kappa shape index (κ2) is 14.9. The van der Waals surface area contributed by atoms with Crippen molar-refractivity contribution in [1.82, 2.24) is 0 Å². The van der Waals surface area contributed by atoms with Crippen LogP contribution in [0.5, 0.6) is 5.75 Å². The Morgan fingerprint density at radius 2 is 1.12 bits per heavy atom. The number of nitrogens with zero attached hydrogens (tertiary/aromatic N) is 1. The number of hydrogen-bond acceptors (Lipinski definition) is 6. The lowest BCUT2D eigenvalue weighted by molar-refractivity contribution is -0.154. The summed E-state index contributed by atoms with van der Waals surface area (Å²) in [7, 11) is 0. The molecule has 4 aromatic rings. The molecule has 250 valence electrons. The van der Waals surface area contributed by atoms with E-state index in [0.29, 0.717) is 22.8 Å². The number of esters is 2. The third-order valence-electron chi connectivity index (χ3n) is 6.85. The molecule has 0 spiro atoms. The Bertz CT molecular complexity index is 1670. The number of carbonyl (C=O) groups is 2. The van der Waals surface area contributed by atoms with E-state index in [1.165, 1.54) is 31.2 Å². The first-order valence-electron chi connectivity index (χ1n) is 14.3. The average molecular weight is 670 g/mol. The van der Waals surface area contributed by atoms with Gasteiger partial charge >= 0.3 is 24.3 Å². The van der Waals surface area contributed by atoms with Gasteiger partial charge in [-0.25, -0.2) is 9.59 Å². The summed E-state index contributed by atoms with van der Waals surface area (Å²) < 4.78 is 95.2. The summed E-state index contributed by atoms with van der Waals surface area (Å²) in [4.78, 5) is 25.0. The van der Waals surface area contributed by atoms with E-state index in [1.54, 1.807) is 53.4 Å². The van der Waals surface area contributed by atoms with E-state index in [9.17, 15) is 35.9 Å². The number of hydrogen-bond donors (Lipinski definition) is 0. The summed E-state index contributed by atoms with van der Waals surface area (Å²) in [5.74, 6) is -0.937. The van der Waals surface area contributed by atoms with Gasteiger partial charge in [-0.2, -0.15) is 26.3 Å². The van der Waals surface area contributed by atoms with Crippen LogP contribution in [0.15, 0.2) is 122 Å². The van der Waals surface area contributed by atoms with E-state index in [0.717, 1.165) is 41.5 Å². The molecule has 0 aromatic heterocycles. The zero-order valence-electron chi connectivity index (χ0n) is 25.5. The topological polar surface area (TPSA) is 65.1 Å². The highest BCUT2D eigenvalue weighted by molar-refractivity contribution is 5.87. The lowest BCUT2D eigenvalue weighted by Gasteiger charge is -2.26. The number of carbonyl (C=O) groups excluding carboxylic acids is 2. The van der Waals surface area contributed by atoms with Gasteiger partial charge in [0.15, 0.2) is 6.10 Å². The molecule has 0 amide bonds. The largest absolute Gasteiger partial charge is 0.490 e. The van der Waals surface area contributed by atoms with Crippen LogP contribution in [0.3, 0.4) is 0 Å². The van der Waals surface area contributed by atoms with Crippen LogP contribution in [0.2, 0.25) is 0 Å². The van der Waals surface area contributed by atoms with Gasteiger partial charge in [-0.15, -0.1) is 0 Å². The van der Waals surface area contributed by atoms with Gasteiger partial charge in [0, 0.05) is 28.7 Å². The van der Waals surface area contributed by atoms with Crippen LogP contribution < -0.4 is 9.64 Å². The van der Waals surface area contributed by atoms with Crippen molar-refractivity contribution >= 4 is 29.0 Å². The van der Waals surface area contributed by atoms with Gasteiger partial charge in [0.25, 0.3) is 0 Å². The van der Waals surface area contributed by atoms with Gasteiger partial charge < -0.3 is 19.1 Å². The number of ether oxygens (including phenoxy) is 3. The zero-order chi connectivity index (χ0) is 35.1. The average Bonchev–Trinajstić information content (AvgIpc) is 3.06. The van der Waals surface area contributed by atoms with Gasteiger partial charge in [0.2, 0.25) is 0 Å². The van der Waals surface area contributed by atoms with Crippen LogP contribution in [0.1, 0.15) is 18.1 Å². The van der Waals surface area contributed by atoms with Crippen LogP contribution >= 0.6 is 0 Å². The number of benzene rings is 4. The minimum Gasteiger partial charge on any atom is -0.490 e. The first kappa shape index (κ1) is 35.3. The molecule has 0 fully saturated rings. The molecule has 0 aliphatic rings. The summed E-state index contributed by atoms with van der Waals surface area (Å²) in [5, 5.41) is 0. The molecule has 0 aliphatic carbocycles. The molecule has 0 saturated carbocycles. The molecule has 6 nitrogen and oxygen atoms in total. The van der Waals surface area contributed by atoms with Gasteiger partial charge in [-0.3, -0.25) is 0 Å². The zero-order valence-corrected chi connectivity index (χ0v) is 25.5. The van der Waals surface area contributed by atoms with Crippen LogP contribution in [0, 0.1) is 0 Å². The van der Waals surface area contributed by atoms with E-state index in [-0.39, 0.29) is 18.8 Å². The Hall–Kier alpha value is -5.52. The van der Waals surface area contributed by atoms with Gasteiger partial charge in [-0.1, -0.05) is 37.4 Å². The Labute approximate surface area is 272 Å². The normalized spacial score (nSPS) is 12.1. The summed E-state index contributed by atoms with van der Waals surface area (Å²) >= 11 is 0. The Morgan fingerprint density at radius 3 is 1.52 bits per heavy atom. The molecule has 1 unspecified atom stereocenters. The standard InChI is InChI=1S/C36H29F6NO5/c1-4-33(44)48-32(22-47-34(45)23(2)3)21-46-31-19-7-25(8-20-31)24-5-13-28(14-6-24)43(29-15-9-26(10-16-29)35(37,38)39)30-17-11-27(12-18-30)36(40,41)42/h4-20,32H,1-2,21-22H2,3H3. The third kappa shape index (κ3) is 9.27. The van der Waals surface area contributed by atoms with Crippen molar-refractivity contribution in [3.8, 4) is 16.9 Å². The highest BCUT2D eigenvalue weighted by atomic mass is 19.4. The van der Waals surface area contributed by atoms with Crippen LogP contribution in [0.4, 0.5) is 43.4 Å². The number of halogens is 6. The Balaban J connectivity index is 1.53. The van der Waals surface area contributed by atoms with E-state index >= 15 is 0 Å². The fourth-order valence-corrected chi connectivity index (χ4v) is 4.40. The minimum absolute atomic E-state index is 0.124. The predicted octanol–water partition coefficient (Wildman–Crippen LogP) is 9.46. The SMILES string of the molecule is C=CC(=O)OC(COC(=O)C(=C)C)COc1ccc(-c2ccc(N(c3ccc(C(F)(F)F)cc3)c3ccc(C(F)(F)F)cc3)cc2)cc1. The van der Waals surface area contributed by atoms with Crippen molar-refractivity contribution in [3.05, 3.63) is 133 Å². The first-order chi connectivity index (χ1) is 22.7. The number of alkyl halides is 6. The fourth-order valence-electron chi connectivity index (χ4n) is 4.40. The maximum Gasteiger partial charge on any atom is 0.416 e. The monoisotopic (exact) mass is 669 g/mol. The van der Waals surface area contributed by atoms with Gasteiger partial charge in [-0.05, 0) is 90.8 Å². The summed E-state index contributed by atoms with van der Waals surface area (Å²) in [6, 6.07) is 22.4. The molecule has 1 atom stereocenters. The molecular formula is C36H29F6NO5. The van der Waals surface area contributed by atoms with E-state index < -0.39 is 41.5 Å². The van der Waals surface area contributed by atoms with Crippen LogP contribution in [-0.2, 0) is 31.4 Å². The van der Waals surface area contributed by atoms with Crippen molar-refractivity contribution in [2.75, 3.05) is 18.1 Å². The summed E-state index contributed by atoms with van der Waals surface area (Å²) in [6.07, 6.45) is -9.05. The molecular weight excluding hydrogens is 640 g/mol. The van der Waals surface area contributed by atoms with Crippen molar-refractivity contribution in [3.63, 3.8) is 0 Å². The fraction of sp³-hybridized carbons (Fsp3) is 0.167. The number of rotatable bonds is 12. The predicted molar refractivity (Wildman–Crippen MR) is 168 cm³/mol. The van der Waals surface area contributed by atoms with Crippen LogP contribution in [0.25, 0.3) is 11.1 Å². The quantitative estimate of drug-likeness (QED) is 0.0851. The molecule has 0 N–H and O–H groups in total. The van der Waals surface area contributed by atoms with Crippen molar-refractivity contribution in [1.29, 1.82) is 0 Å². The van der Waals surface area contributed by atoms with Crippen molar-refractivity contribution in [2.24, 2.45) is 0 Å². The molecule has 0 heterocycles. The maximum absolute atomic E-state index is 13.2.